The molecule has 1 unspecified atom stereocenters. The van der Waals surface area contributed by atoms with Crippen molar-refractivity contribution >= 4 is 17.2 Å². The first kappa shape index (κ1) is 26.7. The second-order valence-corrected chi connectivity index (χ2v) is 7.75. The lowest BCUT2D eigenvalue weighted by Crippen LogP contribution is -2.12. The highest BCUT2D eigenvalue weighted by atomic mass is 19.4. The fraction of sp³-hybridized carbons (Fsp3) is 0.179. The Bertz CT molecular complexity index is 1220. The first-order valence-electron chi connectivity index (χ1n) is 11.2. The van der Waals surface area contributed by atoms with E-state index < -0.39 is 30.4 Å². The van der Waals surface area contributed by atoms with Crippen LogP contribution in [0, 0.1) is 0 Å². The monoisotopic (exact) mass is 497 g/mol. The first-order valence-corrected chi connectivity index (χ1v) is 11.2. The number of nitrogens with one attached hydrogen (secondary N) is 1. The van der Waals surface area contributed by atoms with Gasteiger partial charge in [-0.05, 0) is 54.0 Å². The van der Waals surface area contributed by atoms with Gasteiger partial charge >= 0.3 is 6.18 Å². The third-order valence-electron chi connectivity index (χ3n) is 5.26. The number of para-hydroxylation sites is 1. The van der Waals surface area contributed by atoms with Crippen molar-refractivity contribution in [3.05, 3.63) is 113 Å². The van der Waals surface area contributed by atoms with E-state index in [1.54, 1.807) is 54.6 Å². The summed E-state index contributed by atoms with van der Waals surface area (Å²) in [5, 5.41) is 21.8. The van der Waals surface area contributed by atoms with Crippen molar-refractivity contribution in [1.29, 1.82) is 0 Å². The molecule has 0 aliphatic rings. The Morgan fingerprint density at radius 3 is 2.19 bits per heavy atom. The van der Waals surface area contributed by atoms with Crippen LogP contribution in [-0.4, -0.2) is 29.3 Å². The molecule has 3 aromatic rings. The summed E-state index contributed by atoms with van der Waals surface area (Å²) in [6.45, 7) is 1.86. The van der Waals surface area contributed by atoms with Crippen molar-refractivity contribution in [2.45, 2.75) is 19.2 Å². The van der Waals surface area contributed by atoms with Crippen LogP contribution >= 0.6 is 0 Å². The minimum atomic E-state index is -4.45. The number of hydrogen-bond acceptors (Lipinski definition) is 4. The van der Waals surface area contributed by atoms with Crippen molar-refractivity contribution in [1.82, 2.24) is 0 Å². The van der Waals surface area contributed by atoms with Gasteiger partial charge in [0.15, 0.2) is 0 Å². The molecule has 3 N–H and O–H groups in total. The molecular formula is C28H26F3NO4. The Morgan fingerprint density at radius 2 is 1.61 bits per heavy atom. The second kappa shape index (κ2) is 12.2. The molecule has 0 saturated heterocycles. The lowest BCUT2D eigenvalue weighted by Gasteiger charge is -2.13. The number of ether oxygens (including phenoxy) is 1. The van der Waals surface area contributed by atoms with Gasteiger partial charge in [0.25, 0.3) is 0 Å². The fourth-order valence-corrected chi connectivity index (χ4v) is 3.50. The molecule has 3 aromatic carbocycles. The van der Waals surface area contributed by atoms with Crippen LogP contribution in [0.15, 0.2) is 91.0 Å². The van der Waals surface area contributed by atoms with Crippen molar-refractivity contribution in [3.8, 4) is 5.75 Å². The zero-order chi connectivity index (χ0) is 26.1. The van der Waals surface area contributed by atoms with E-state index in [9.17, 15) is 28.2 Å². The van der Waals surface area contributed by atoms with Gasteiger partial charge in [-0.15, -0.1) is 0 Å². The number of carbonyl (C=O) groups excluding carboxylic acids is 1. The number of allylic oxidation sites excluding steroid dienone is 2. The molecule has 5 nitrogen and oxygen atoms in total. The van der Waals surface area contributed by atoms with E-state index in [0.717, 1.165) is 17.7 Å². The maximum Gasteiger partial charge on any atom is 0.416 e. The molecule has 3 rings (SSSR count). The predicted octanol–water partition coefficient (Wildman–Crippen LogP) is 5.76. The molecule has 0 aliphatic heterocycles. The van der Waals surface area contributed by atoms with Gasteiger partial charge in [-0.3, -0.25) is 4.79 Å². The molecule has 0 fully saturated rings. The number of hydrogen-bond donors (Lipinski definition) is 3. The third-order valence-corrected chi connectivity index (χ3v) is 5.26. The molecule has 0 heterocycles. The summed E-state index contributed by atoms with van der Waals surface area (Å²) < 4.78 is 44.5. The van der Waals surface area contributed by atoms with Crippen molar-refractivity contribution in [2.75, 3.05) is 18.5 Å². The topological polar surface area (TPSA) is 78.8 Å². The molecule has 0 aromatic heterocycles. The summed E-state index contributed by atoms with van der Waals surface area (Å²) in [6.07, 6.45) is -1.20. The molecule has 0 aliphatic carbocycles. The molecule has 36 heavy (non-hydrogen) atoms. The number of amides is 1. The largest absolute Gasteiger partial charge is 0.494 e. The van der Waals surface area contributed by atoms with E-state index in [1.807, 2.05) is 6.92 Å². The smallest absolute Gasteiger partial charge is 0.416 e. The fourth-order valence-electron chi connectivity index (χ4n) is 3.50. The van der Waals surface area contributed by atoms with Crippen molar-refractivity contribution in [3.63, 3.8) is 0 Å². The number of carbonyl (C=O) groups is 1. The molecule has 8 heteroatoms. The van der Waals surface area contributed by atoms with Crippen LogP contribution in [0.3, 0.4) is 0 Å². The minimum absolute atomic E-state index is 0.354. The Labute approximate surface area is 207 Å². The van der Waals surface area contributed by atoms with Gasteiger partial charge in [-0.25, -0.2) is 0 Å². The van der Waals surface area contributed by atoms with E-state index >= 15 is 0 Å². The van der Waals surface area contributed by atoms with Crippen LogP contribution in [0.5, 0.6) is 5.75 Å². The van der Waals surface area contributed by atoms with Crippen molar-refractivity contribution in [2.24, 2.45) is 0 Å². The van der Waals surface area contributed by atoms with Crippen LogP contribution in [-0.2, 0) is 11.0 Å². The summed E-state index contributed by atoms with van der Waals surface area (Å²) in [4.78, 5) is 12.5. The number of benzene rings is 3. The zero-order valence-electron chi connectivity index (χ0n) is 19.5. The first-order chi connectivity index (χ1) is 17.2. The van der Waals surface area contributed by atoms with Gasteiger partial charge in [0, 0.05) is 17.3 Å². The predicted molar refractivity (Wildman–Crippen MR) is 132 cm³/mol. The SMILES string of the molecule is CCOc1ccc(C(=CC=CC(=O)Nc2ccccc2C(O)CO)c2ccc(C(F)(F)F)cc2)cc1. The highest BCUT2D eigenvalue weighted by Crippen LogP contribution is 2.32. The summed E-state index contributed by atoms with van der Waals surface area (Å²) in [5.74, 6) is 0.175. The zero-order valence-corrected chi connectivity index (χ0v) is 19.5. The normalized spacial score (nSPS) is 13.0. The van der Waals surface area contributed by atoms with E-state index in [2.05, 4.69) is 5.32 Å². The molecule has 0 spiro atoms. The lowest BCUT2D eigenvalue weighted by molar-refractivity contribution is -0.137. The Balaban J connectivity index is 1.88. The van der Waals surface area contributed by atoms with E-state index in [-0.39, 0.29) is 0 Å². The maximum absolute atomic E-state index is 13.0. The maximum atomic E-state index is 13.0. The Kier molecular flexibility index (Phi) is 9.05. The van der Waals surface area contributed by atoms with Crippen LogP contribution in [0.1, 0.15) is 35.3 Å². The van der Waals surface area contributed by atoms with Gasteiger partial charge in [-0.2, -0.15) is 13.2 Å². The van der Waals surface area contributed by atoms with Crippen LogP contribution in [0.2, 0.25) is 0 Å². The highest BCUT2D eigenvalue weighted by molar-refractivity contribution is 6.00. The van der Waals surface area contributed by atoms with Crippen LogP contribution in [0.4, 0.5) is 18.9 Å². The summed E-state index contributed by atoms with van der Waals surface area (Å²) >= 11 is 0. The number of alkyl halides is 3. The number of rotatable bonds is 9. The Morgan fingerprint density at radius 1 is 1.00 bits per heavy atom. The van der Waals surface area contributed by atoms with Crippen LogP contribution in [0.25, 0.3) is 5.57 Å². The summed E-state index contributed by atoms with van der Waals surface area (Å²) in [5.41, 5.74) is 1.83. The molecule has 1 atom stereocenters. The standard InChI is InChI=1S/C28H26F3NO4/c1-2-36-22-16-12-20(13-17-22)23(19-10-14-21(15-11-19)28(29,30)31)7-5-9-27(35)32-25-8-4-3-6-24(25)26(34)18-33/h3-17,26,33-34H,2,18H2,1H3,(H,32,35). The molecular weight excluding hydrogens is 471 g/mol. The van der Waals surface area contributed by atoms with E-state index in [0.29, 0.717) is 34.7 Å². The average molecular weight is 498 g/mol. The lowest BCUT2D eigenvalue weighted by atomic mass is 9.96. The molecule has 0 saturated carbocycles. The van der Waals surface area contributed by atoms with E-state index in [1.165, 1.54) is 24.3 Å². The molecule has 0 bridgehead atoms. The number of anilines is 1. The van der Waals surface area contributed by atoms with E-state index in [4.69, 9.17) is 4.74 Å². The molecule has 188 valence electrons. The molecule has 1 amide bonds. The van der Waals surface area contributed by atoms with Gasteiger partial charge in [0.1, 0.15) is 11.9 Å². The summed E-state index contributed by atoms with van der Waals surface area (Å²) in [6, 6.07) is 18.4. The third kappa shape index (κ3) is 7.07. The van der Waals surface area contributed by atoms with Gasteiger partial charge in [0.05, 0.1) is 18.8 Å². The second-order valence-electron chi connectivity index (χ2n) is 7.75. The van der Waals surface area contributed by atoms with Crippen LogP contribution < -0.4 is 10.1 Å². The van der Waals surface area contributed by atoms with Crippen molar-refractivity contribution < 1.29 is 32.9 Å². The minimum Gasteiger partial charge on any atom is -0.494 e. The number of aliphatic hydroxyl groups is 2. The highest BCUT2D eigenvalue weighted by Gasteiger charge is 2.30. The molecule has 0 radical (unpaired) electrons. The number of halogens is 3. The summed E-state index contributed by atoms with van der Waals surface area (Å²) in [7, 11) is 0. The van der Waals surface area contributed by atoms with Gasteiger partial charge in [0.2, 0.25) is 5.91 Å². The number of aliphatic hydroxyl groups excluding tert-OH is 2. The average Bonchev–Trinajstić information content (AvgIpc) is 2.87. The van der Waals surface area contributed by atoms with Gasteiger partial charge in [-0.1, -0.05) is 54.6 Å². The van der Waals surface area contributed by atoms with Gasteiger partial charge < -0.3 is 20.3 Å². The Hall–Kier alpha value is -3.88. The quantitative estimate of drug-likeness (QED) is 0.260.